The Balaban J connectivity index is 2.62. The fraction of sp³-hybridized carbons (Fsp3) is 0.375. The topological polar surface area (TPSA) is 75.6 Å². The summed E-state index contributed by atoms with van der Waals surface area (Å²) in [5.41, 5.74) is 0.810. The van der Waals surface area contributed by atoms with Gasteiger partial charge >= 0.3 is 5.97 Å². The van der Waals surface area contributed by atoms with Crippen molar-refractivity contribution >= 4 is 18.0 Å². The number of carboxylic acid groups (broad SMARTS) is 1. The number of nitrogens with one attached hydrogen (secondary N) is 1. The largest absolute Gasteiger partial charge is 0.497 e. The first-order valence-corrected chi connectivity index (χ1v) is 6.92. The first kappa shape index (κ1) is 16.8. The molecule has 0 bridgehead atoms. The predicted octanol–water partition coefficient (Wildman–Crippen LogP) is 2.47. The Kier molecular flexibility index (Phi) is 7.01. The number of hydrogen-bond acceptors (Lipinski definition) is 3. The van der Waals surface area contributed by atoms with Crippen LogP contribution in [0.5, 0.6) is 5.75 Å². The second-order valence-corrected chi connectivity index (χ2v) is 4.65. The predicted molar refractivity (Wildman–Crippen MR) is 81.1 cm³/mol. The number of aliphatic carboxylic acids is 1. The van der Waals surface area contributed by atoms with Gasteiger partial charge in [-0.1, -0.05) is 31.9 Å². The molecule has 1 aromatic carbocycles. The Hall–Kier alpha value is -2.30. The van der Waals surface area contributed by atoms with E-state index in [4.69, 9.17) is 9.84 Å². The highest BCUT2D eigenvalue weighted by Crippen LogP contribution is 2.13. The van der Waals surface area contributed by atoms with Crippen LogP contribution in [0.25, 0.3) is 6.08 Å². The van der Waals surface area contributed by atoms with E-state index in [2.05, 4.69) is 5.32 Å². The van der Waals surface area contributed by atoms with Gasteiger partial charge in [-0.25, -0.2) is 4.79 Å². The maximum Gasteiger partial charge on any atom is 0.326 e. The van der Waals surface area contributed by atoms with Gasteiger partial charge in [-0.3, -0.25) is 4.79 Å². The average Bonchev–Trinajstić information content (AvgIpc) is 2.49. The third-order valence-corrected chi connectivity index (χ3v) is 2.98. The van der Waals surface area contributed by atoms with Crippen LogP contribution in [0.3, 0.4) is 0 Å². The van der Waals surface area contributed by atoms with E-state index in [1.807, 2.05) is 25.1 Å². The van der Waals surface area contributed by atoms with Gasteiger partial charge in [0.15, 0.2) is 0 Å². The zero-order valence-electron chi connectivity index (χ0n) is 12.3. The van der Waals surface area contributed by atoms with Crippen LogP contribution in [0.1, 0.15) is 31.7 Å². The van der Waals surface area contributed by atoms with Crippen LogP contribution in [-0.2, 0) is 9.59 Å². The van der Waals surface area contributed by atoms with Crippen molar-refractivity contribution in [3.63, 3.8) is 0 Å². The standard InChI is InChI=1S/C16H21NO4/c1-3-4-8-14(16(19)20)17-15(18)10-9-12-6-5-7-13(11-12)21-2/h5-7,9-11,14H,3-4,8H2,1-2H3,(H,17,18)(H,19,20)/b10-9+/t14-/m0/s1. The molecule has 2 N–H and O–H groups in total. The molecule has 0 saturated carbocycles. The van der Waals surface area contributed by atoms with E-state index >= 15 is 0 Å². The van der Waals surface area contributed by atoms with E-state index in [0.717, 1.165) is 18.4 Å². The van der Waals surface area contributed by atoms with E-state index in [1.54, 1.807) is 19.3 Å². The molecular formula is C16H21NO4. The number of carbonyl (C=O) groups excluding carboxylic acids is 1. The number of benzene rings is 1. The van der Waals surface area contributed by atoms with Crippen molar-refractivity contribution in [3.8, 4) is 5.75 Å². The molecule has 21 heavy (non-hydrogen) atoms. The minimum absolute atomic E-state index is 0.415. The number of hydrogen-bond donors (Lipinski definition) is 2. The van der Waals surface area contributed by atoms with Gasteiger partial charge in [0.2, 0.25) is 5.91 Å². The first-order chi connectivity index (χ1) is 10.1. The summed E-state index contributed by atoms with van der Waals surface area (Å²) in [5, 5.41) is 11.5. The molecule has 0 spiro atoms. The first-order valence-electron chi connectivity index (χ1n) is 6.92. The Morgan fingerprint density at radius 2 is 2.19 bits per heavy atom. The van der Waals surface area contributed by atoms with E-state index in [-0.39, 0.29) is 0 Å². The minimum atomic E-state index is -1.01. The van der Waals surface area contributed by atoms with Gasteiger partial charge in [0.25, 0.3) is 0 Å². The molecule has 0 aliphatic carbocycles. The van der Waals surface area contributed by atoms with Crippen LogP contribution in [0.15, 0.2) is 30.3 Å². The van der Waals surface area contributed by atoms with Crippen molar-refractivity contribution < 1.29 is 19.4 Å². The van der Waals surface area contributed by atoms with Crippen molar-refractivity contribution in [3.05, 3.63) is 35.9 Å². The fourth-order valence-corrected chi connectivity index (χ4v) is 1.80. The molecule has 0 aromatic heterocycles. The third-order valence-electron chi connectivity index (χ3n) is 2.98. The van der Waals surface area contributed by atoms with Gasteiger partial charge in [-0.05, 0) is 30.2 Å². The minimum Gasteiger partial charge on any atom is -0.497 e. The van der Waals surface area contributed by atoms with Gasteiger partial charge < -0.3 is 15.2 Å². The molecule has 1 rings (SSSR count). The second kappa shape index (κ2) is 8.79. The molecule has 0 aliphatic heterocycles. The second-order valence-electron chi connectivity index (χ2n) is 4.65. The summed E-state index contributed by atoms with van der Waals surface area (Å²) in [6.45, 7) is 1.98. The average molecular weight is 291 g/mol. The van der Waals surface area contributed by atoms with Gasteiger partial charge in [-0.2, -0.15) is 0 Å². The molecule has 0 radical (unpaired) electrons. The quantitative estimate of drug-likeness (QED) is 0.721. The number of carboxylic acids is 1. The van der Waals surface area contributed by atoms with Crippen LogP contribution < -0.4 is 10.1 Å². The summed E-state index contributed by atoms with van der Waals surface area (Å²) in [6.07, 6.45) is 5.04. The lowest BCUT2D eigenvalue weighted by Crippen LogP contribution is -2.39. The van der Waals surface area contributed by atoms with Crippen molar-refractivity contribution in [2.75, 3.05) is 7.11 Å². The highest BCUT2D eigenvalue weighted by Gasteiger charge is 2.17. The maximum absolute atomic E-state index is 11.8. The van der Waals surface area contributed by atoms with Crippen molar-refractivity contribution in [1.82, 2.24) is 5.32 Å². The molecule has 5 heteroatoms. The number of methoxy groups -OCH3 is 1. The van der Waals surface area contributed by atoms with Crippen LogP contribution in [-0.4, -0.2) is 30.1 Å². The third kappa shape index (κ3) is 6.12. The van der Waals surface area contributed by atoms with Crippen LogP contribution in [0.2, 0.25) is 0 Å². The van der Waals surface area contributed by atoms with Crippen LogP contribution in [0.4, 0.5) is 0 Å². The normalized spacial score (nSPS) is 12.1. The SMILES string of the molecule is CCCC[C@H](NC(=O)/C=C/c1cccc(OC)c1)C(=O)O. The number of unbranched alkanes of at least 4 members (excludes halogenated alkanes) is 1. The zero-order chi connectivity index (χ0) is 15.7. The summed E-state index contributed by atoms with van der Waals surface area (Å²) < 4.78 is 5.09. The van der Waals surface area contributed by atoms with Gasteiger partial charge in [-0.15, -0.1) is 0 Å². The summed E-state index contributed by atoms with van der Waals surface area (Å²) >= 11 is 0. The van der Waals surface area contributed by atoms with Gasteiger partial charge in [0.1, 0.15) is 11.8 Å². The maximum atomic E-state index is 11.8. The molecule has 0 heterocycles. The summed E-state index contributed by atoms with van der Waals surface area (Å²) in [5.74, 6) is -0.725. The smallest absolute Gasteiger partial charge is 0.326 e. The molecule has 5 nitrogen and oxygen atoms in total. The van der Waals surface area contributed by atoms with E-state index in [9.17, 15) is 9.59 Å². The van der Waals surface area contributed by atoms with Crippen molar-refractivity contribution in [1.29, 1.82) is 0 Å². The zero-order valence-corrected chi connectivity index (χ0v) is 12.3. The molecule has 0 saturated heterocycles. The van der Waals surface area contributed by atoms with Gasteiger partial charge in [0, 0.05) is 6.08 Å². The molecule has 0 aliphatic rings. The van der Waals surface area contributed by atoms with E-state index < -0.39 is 17.9 Å². The molecule has 1 atom stereocenters. The molecular weight excluding hydrogens is 270 g/mol. The summed E-state index contributed by atoms with van der Waals surface area (Å²) in [7, 11) is 1.57. The van der Waals surface area contributed by atoms with Crippen molar-refractivity contribution in [2.24, 2.45) is 0 Å². The fourth-order valence-electron chi connectivity index (χ4n) is 1.80. The highest BCUT2D eigenvalue weighted by atomic mass is 16.5. The lowest BCUT2D eigenvalue weighted by atomic mass is 10.1. The highest BCUT2D eigenvalue weighted by molar-refractivity contribution is 5.94. The van der Waals surface area contributed by atoms with E-state index in [0.29, 0.717) is 12.2 Å². The van der Waals surface area contributed by atoms with Crippen LogP contribution >= 0.6 is 0 Å². The number of carbonyl (C=O) groups is 2. The van der Waals surface area contributed by atoms with E-state index in [1.165, 1.54) is 6.08 Å². The Labute approximate surface area is 124 Å². The molecule has 0 unspecified atom stereocenters. The summed E-state index contributed by atoms with van der Waals surface area (Å²) in [4.78, 5) is 22.8. The molecule has 1 amide bonds. The Bertz CT molecular complexity index is 511. The Morgan fingerprint density at radius 1 is 1.43 bits per heavy atom. The molecule has 1 aromatic rings. The molecule has 0 fully saturated rings. The number of amides is 1. The lowest BCUT2D eigenvalue weighted by Gasteiger charge is -2.12. The van der Waals surface area contributed by atoms with Gasteiger partial charge in [0.05, 0.1) is 7.11 Å². The lowest BCUT2D eigenvalue weighted by molar-refractivity contribution is -0.141. The molecule has 114 valence electrons. The number of ether oxygens (including phenoxy) is 1. The summed E-state index contributed by atoms with van der Waals surface area (Å²) in [6, 6.07) is 6.40. The monoisotopic (exact) mass is 291 g/mol. The van der Waals surface area contributed by atoms with Crippen LogP contribution in [0, 0.1) is 0 Å². The van der Waals surface area contributed by atoms with Crippen molar-refractivity contribution in [2.45, 2.75) is 32.2 Å². The number of rotatable bonds is 8. The Morgan fingerprint density at radius 3 is 2.81 bits per heavy atom.